The maximum absolute atomic E-state index is 12.2. The molecule has 4 N–H and O–H groups in total. The van der Waals surface area contributed by atoms with Gasteiger partial charge in [0.2, 0.25) is 0 Å². The summed E-state index contributed by atoms with van der Waals surface area (Å²) < 4.78 is 6.46. The largest absolute Gasteiger partial charge is 0.507 e. The molecular formula is C13H15IN2O3. The van der Waals surface area contributed by atoms with Gasteiger partial charge in [0, 0.05) is 22.1 Å². The number of amides is 1. The first-order valence-corrected chi connectivity index (χ1v) is 7.32. The van der Waals surface area contributed by atoms with E-state index in [1.165, 1.54) is 6.07 Å². The van der Waals surface area contributed by atoms with Crippen LogP contribution in [0.3, 0.4) is 0 Å². The molecule has 2 fully saturated rings. The zero-order valence-corrected chi connectivity index (χ0v) is 12.3. The van der Waals surface area contributed by atoms with Crippen molar-refractivity contribution in [3.63, 3.8) is 0 Å². The molecule has 0 bridgehead atoms. The lowest BCUT2D eigenvalue weighted by atomic mass is 9.72. The molecule has 1 aromatic rings. The third-order valence-corrected chi connectivity index (χ3v) is 4.62. The Morgan fingerprint density at radius 2 is 2.32 bits per heavy atom. The lowest BCUT2D eigenvalue weighted by Crippen LogP contribution is -2.68. The minimum atomic E-state index is -0.301. The molecule has 102 valence electrons. The Bertz CT molecular complexity index is 523. The van der Waals surface area contributed by atoms with Gasteiger partial charge < -0.3 is 20.9 Å². The Morgan fingerprint density at radius 3 is 3.11 bits per heavy atom. The van der Waals surface area contributed by atoms with Crippen LogP contribution in [0, 0.1) is 9.49 Å². The number of ether oxygens (including phenoxy) is 1. The monoisotopic (exact) mass is 374 g/mol. The molecular weight excluding hydrogens is 359 g/mol. The van der Waals surface area contributed by atoms with E-state index >= 15 is 0 Å². The molecule has 19 heavy (non-hydrogen) atoms. The molecule has 1 aliphatic carbocycles. The third-order valence-electron chi connectivity index (χ3n) is 3.95. The van der Waals surface area contributed by atoms with E-state index in [9.17, 15) is 9.90 Å². The molecule has 6 heteroatoms. The van der Waals surface area contributed by atoms with Gasteiger partial charge in [-0.2, -0.15) is 0 Å². The van der Waals surface area contributed by atoms with Gasteiger partial charge in [-0.1, -0.05) is 0 Å². The summed E-state index contributed by atoms with van der Waals surface area (Å²) in [4.78, 5) is 12.2. The van der Waals surface area contributed by atoms with Gasteiger partial charge in [0.05, 0.1) is 17.7 Å². The number of carbonyl (C=O) groups excluding carboxylic acids is 1. The molecule has 1 saturated carbocycles. The second kappa shape index (κ2) is 4.92. The van der Waals surface area contributed by atoms with Crippen LogP contribution in [0.25, 0.3) is 0 Å². The number of hydrogen-bond donors (Lipinski definition) is 3. The second-order valence-corrected chi connectivity index (χ2v) is 6.27. The van der Waals surface area contributed by atoms with Crippen LogP contribution in [0.15, 0.2) is 18.2 Å². The Kier molecular flexibility index (Phi) is 3.40. The molecule has 3 rings (SSSR count). The Balaban J connectivity index is 1.73. The molecule has 5 nitrogen and oxygen atoms in total. The van der Waals surface area contributed by atoms with E-state index in [0.717, 1.165) is 9.99 Å². The average molecular weight is 374 g/mol. The highest BCUT2D eigenvalue weighted by Gasteiger charge is 2.52. The highest BCUT2D eigenvalue weighted by atomic mass is 127. The van der Waals surface area contributed by atoms with Crippen molar-refractivity contribution in [1.82, 2.24) is 5.32 Å². The standard InChI is InChI=1S/C13H15IN2O3/c14-6-1-2-9(17)8(5-6)13(18)16-11-10(15)7-3-4-19-12(7)11/h1-2,5,7,10-12,17H,3-4,15H2,(H,16,18). The number of nitrogens with two attached hydrogens (primary N) is 1. The van der Waals surface area contributed by atoms with E-state index < -0.39 is 0 Å². The number of phenols is 1. The SMILES string of the molecule is NC1C2CCOC2C1NC(=O)c1cc(I)ccc1O. The molecule has 0 spiro atoms. The number of rotatable bonds is 2. The van der Waals surface area contributed by atoms with Crippen LogP contribution >= 0.6 is 22.6 Å². The van der Waals surface area contributed by atoms with Crippen molar-refractivity contribution in [2.45, 2.75) is 24.6 Å². The summed E-state index contributed by atoms with van der Waals surface area (Å²) in [5.41, 5.74) is 6.32. The predicted octanol–water partition coefficient (Wildman–Crippen LogP) is 0.841. The lowest BCUT2D eigenvalue weighted by molar-refractivity contribution is -0.0161. The maximum atomic E-state index is 12.2. The second-order valence-electron chi connectivity index (χ2n) is 5.03. The average Bonchev–Trinajstić information content (AvgIpc) is 2.83. The van der Waals surface area contributed by atoms with Gasteiger partial charge in [0.15, 0.2) is 0 Å². The van der Waals surface area contributed by atoms with Gasteiger partial charge in [-0.15, -0.1) is 0 Å². The highest BCUT2D eigenvalue weighted by molar-refractivity contribution is 14.1. The van der Waals surface area contributed by atoms with Crippen molar-refractivity contribution in [1.29, 1.82) is 0 Å². The summed E-state index contributed by atoms with van der Waals surface area (Å²) in [6.07, 6.45) is 0.996. The summed E-state index contributed by atoms with van der Waals surface area (Å²) >= 11 is 2.10. The summed E-state index contributed by atoms with van der Waals surface area (Å²) in [6.45, 7) is 0.712. The zero-order valence-electron chi connectivity index (χ0n) is 10.2. The number of hydrogen-bond acceptors (Lipinski definition) is 4. The fraction of sp³-hybridized carbons (Fsp3) is 0.462. The van der Waals surface area contributed by atoms with Gasteiger partial charge in [-0.3, -0.25) is 4.79 Å². The van der Waals surface area contributed by atoms with Crippen molar-refractivity contribution >= 4 is 28.5 Å². The number of nitrogens with one attached hydrogen (secondary N) is 1. The molecule has 1 saturated heterocycles. The molecule has 1 amide bonds. The topological polar surface area (TPSA) is 84.6 Å². The molecule has 0 radical (unpaired) electrons. The molecule has 1 aliphatic heterocycles. The fourth-order valence-corrected chi connectivity index (χ4v) is 3.34. The smallest absolute Gasteiger partial charge is 0.255 e. The van der Waals surface area contributed by atoms with Crippen LogP contribution in [0.2, 0.25) is 0 Å². The number of halogens is 1. The van der Waals surface area contributed by atoms with Crippen molar-refractivity contribution in [3.8, 4) is 5.75 Å². The van der Waals surface area contributed by atoms with Crippen LogP contribution in [0.5, 0.6) is 5.75 Å². The predicted molar refractivity (Wildman–Crippen MR) is 77.9 cm³/mol. The van der Waals surface area contributed by atoms with Gasteiger partial charge in [0.25, 0.3) is 5.91 Å². The number of fused-ring (bicyclic) bond motifs is 1. The number of aromatic hydroxyl groups is 1. The van der Waals surface area contributed by atoms with Gasteiger partial charge >= 0.3 is 0 Å². The molecule has 4 atom stereocenters. The highest BCUT2D eigenvalue weighted by Crippen LogP contribution is 2.38. The van der Waals surface area contributed by atoms with Crippen LogP contribution in [-0.4, -0.2) is 35.8 Å². The first-order chi connectivity index (χ1) is 9.08. The maximum Gasteiger partial charge on any atom is 0.255 e. The number of carbonyl (C=O) groups is 1. The van der Waals surface area contributed by atoms with Crippen molar-refractivity contribution in [2.24, 2.45) is 11.7 Å². The van der Waals surface area contributed by atoms with Crippen LogP contribution in [0.1, 0.15) is 16.8 Å². The first kappa shape index (κ1) is 13.1. The summed E-state index contributed by atoms with van der Waals surface area (Å²) in [5.74, 6) is 0.0370. The quantitative estimate of drug-likeness (QED) is 0.670. The van der Waals surface area contributed by atoms with E-state index in [1.807, 2.05) is 0 Å². The van der Waals surface area contributed by atoms with E-state index in [4.69, 9.17) is 10.5 Å². The first-order valence-electron chi connectivity index (χ1n) is 6.24. The number of phenolic OH excluding ortho intramolecular Hbond substituents is 1. The van der Waals surface area contributed by atoms with Crippen molar-refractivity contribution in [2.75, 3.05) is 6.61 Å². The van der Waals surface area contributed by atoms with E-state index in [-0.39, 0.29) is 35.4 Å². The lowest BCUT2D eigenvalue weighted by Gasteiger charge is -2.45. The minimum absolute atomic E-state index is 0.0188. The van der Waals surface area contributed by atoms with Crippen LogP contribution in [0.4, 0.5) is 0 Å². The van der Waals surface area contributed by atoms with E-state index in [1.54, 1.807) is 12.1 Å². The van der Waals surface area contributed by atoms with Gasteiger partial charge in [-0.25, -0.2) is 0 Å². The molecule has 1 aromatic carbocycles. The molecule has 1 heterocycles. The zero-order chi connectivity index (χ0) is 13.6. The molecule has 2 aliphatic rings. The third kappa shape index (κ3) is 2.21. The summed E-state index contributed by atoms with van der Waals surface area (Å²) in [7, 11) is 0. The van der Waals surface area contributed by atoms with Crippen LogP contribution in [-0.2, 0) is 4.74 Å². The van der Waals surface area contributed by atoms with Crippen LogP contribution < -0.4 is 11.1 Å². The minimum Gasteiger partial charge on any atom is -0.507 e. The number of benzene rings is 1. The summed E-state index contributed by atoms with van der Waals surface area (Å²) in [5, 5.41) is 12.6. The van der Waals surface area contributed by atoms with Crippen molar-refractivity contribution in [3.05, 3.63) is 27.3 Å². The summed E-state index contributed by atoms with van der Waals surface area (Å²) in [6, 6.07) is 4.71. The Morgan fingerprint density at radius 1 is 1.53 bits per heavy atom. The Labute approximate surface area is 124 Å². The normalized spacial score (nSPS) is 32.5. The molecule has 0 aromatic heterocycles. The Hall–Kier alpha value is -0.860. The van der Waals surface area contributed by atoms with Gasteiger partial charge in [-0.05, 0) is 47.2 Å². The van der Waals surface area contributed by atoms with Gasteiger partial charge in [0.1, 0.15) is 5.75 Å². The van der Waals surface area contributed by atoms with Crippen molar-refractivity contribution < 1.29 is 14.6 Å². The molecule has 4 unspecified atom stereocenters. The van der Waals surface area contributed by atoms with E-state index in [0.29, 0.717) is 12.5 Å². The van der Waals surface area contributed by atoms with E-state index in [2.05, 4.69) is 27.9 Å². The fourth-order valence-electron chi connectivity index (χ4n) is 2.85.